The van der Waals surface area contributed by atoms with E-state index in [0.717, 1.165) is 6.42 Å². The first-order valence-corrected chi connectivity index (χ1v) is 10.8. The van der Waals surface area contributed by atoms with E-state index in [2.05, 4.69) is 44.2 Å². The molecule has 2 bridgehead atoms. The van der Waals surface area contributed by atoms with Crippen molar-refractivity contribution in [3.8, 4) is 6.07 Å². The second-order valence-corrected chi connectivity index (χ2v) is 9.45. The molecule has 4 atom stereocenters. The zero-order valence-corrected chi connectivity index (χ0v) is 17.5. The van der Waals surface area contributed by atoms with Gasteiger partial charge >= 0.3 is 0 Å². The third kappa shape index (κ3) is 6.58. The summed E-state index contributed by atoms with van der Waals surface area (Å²) in [4.78, 5) is 0. The van der Waals surface area contributed by atoms with Crippen LogP contribution in [0.25, 0.3) is 0 Å². The Balaban J connectivity index is 2.23. The Morgan fingerprint density at radius 1 is 1.12 bits per heavy atom. The summed E-state index contributed by atoms with van der Waals surface area (Å²) >= 11 is 0. The van der Waals surface area contributed by atoms with Crippen molar-refractivity contribution in [2.45, 2.75) is 91.6 Å². The first-order valence-electron chi connectivity index (χ1n) is 10.8. The third-order valence-corrected chi connectivity index (χ3v) is 6.25. The number of hydrogen-bond donors (Lipinski definition) is 0. The van der Waals surface area contributed by atoms with Crippen LogP contribution in [0.15, 0.2) is 24.3 Å². The molecule has 0 aliphatic heterocycles. The minimum absolute atomic E-state index is 0.143. The minimum atomic E-state index is -0.413. The molecule has 0 saturated carbocycles. The van der Waals surface area contributed by atoms with Crippen molar-refractivity contribution >= 4 is 0 Å². The van der Waals surface area contributed by atoms with Gasteiger partial charge in [0.2, 0.25) is 0 Å². The van der Waals surface area contributed by atoms with Crippen molar-refractivity contribution in [3.05, 3.63) is 24.3 Å². The van der Waals surface area contributed by atoms with E-state index in [4.69, 9.17) is 4.74 Å². The molecule has 0 aromatic carbocycles. The summed E-state index contributed by atoms with van der Waals surface area (Å²) < 4.78 is 6.22. The molecule has 26 heavy (non-hydrogen) atoms. The Labute approximate surface area is 161 Å². The van der Waals surface area contributed by atoms with Crippen LogP contribution in [0, 0.1) is 34.0 Å². The molecule has 2 nitrogen and oxygen atoms in total. The van der Waals surface area contributed by atoms with Crippen LogP contribution in [-0.2, 0) is 4.74 Å². The maximum absolute atomic E-state index is 9.28. The van der Waals surface area contributed by atoms with Crippen LogP contribution in [0.2, 0.25) is 0 Å². The van der Waals surface area contributed by atoms with Crippen LogP contribution in [0.3, 0.4) is 0 Å². The maximum Gasteiger partial charge on any atom is 0.0757 e. The number of ether oxygens (including phenoxy) is 1. The fourth-order valence-corrected chi connectivity index (χ4v) is 4.41. The Hall–Kier alpha value is -1.07. The Morgan fingerprint density at radius 2 is 1.92 bits per heavy atom. The topological polar surface area (TPSA) is 33.0 Å². The molecule has 2 heteroatoms. The summed E-state index contributed by atoms with van der Waals surface area (Å²) in [7, 11) is 0. The molecule has 2 aliphatic rings. The van der Waals surface area contributed by atoms with Gasteiger partial charge < -0.3 is 4.74 Å². The summed E-state index contributed by atoms with van der Waals surface area (Å²) in [6, 6.07) is 2.36. The highest BCUT2D eigenvalue weighted by atomic mass is 16.5. The summed E-state index contributed by atoms with van der Waals surface area (Å²) in [6.45, 7) is 9.12. The molecule has 0 aromatic heterocycles. The second kappa shape index (κ2) is 9.75. The number of nitrogens with zero attached hydrogens (tertiary/aromatic N) is 1. The second-order valence-electron chi connectivity index (χ2n) is 9.45. The number of fused-ring (bicyclic) bond motifs is 4. The first-order chi connectivity index (χ1) is 12.4. The van der Waals surface area contributed by atoms with Crippen molar-refractivity contribution in [1.82, 2.24) is 0 Å². The van der Waals surface area contributed by atoms with E-state index >= 15 is 0 Å². The molecular formula is C24H39NO. The summed E-state index contributed by atoms with van der Waals surface area (Å²) in [6.07, 6.45) is 21.2. The van der Waals surface area contributed by atoms with E-state index in [1.165, 1.54) is 51.4 Å². The van der Waals surface area contributed by atoms with Gasteiger partial charge in [-0.05, 0) is 76.0 Å². The van der Waals surface area contributed by atoms with Crippen LogP contribution >= 0.6 is 0 Å². The lowest BCUT2D eigenvalue weighted by Crippen LogP contribution is -2.25. The molecule has 0 amide bonds. The molecule has 0 aromatic rings. The van der Waals surface area contributed by atoms with E-state index in [1.807, 2.05) is 13.8 Å². The highest BCUT2D eigenvalue weighted by Gasteiger charge is 2.29. The van der Waals surface area contributed by atoms with Crippen LogP contribution < -0.4 is 0 Å². The smallest absolute Gasteiger partial charge is 0.0757 e. The normalized spacial score (nSPS) is 35.6. The van der Waals surface area contributed by atoms with Gasteiger partial charge in [-0.1, -0.05) is 51.0 Å². The molecule has 2 aliphatic carbocycles. The molecule has 2 rings (SSSR count). The van der Waals surface area contributed by atoms with E-state index < -0.39 is 5.41 Å². The van der Waals surface area contributed by atoms with Gasteiger partial charge in [0.05, 0.1) is 24.2 Å². The monoisotopic (exact) mass is 357 g/mol. The van der Waals surface area contributed by atoms with E-state index in [-0.39, 0.29) is 6.10 Å². The van der Waals surface area contributed by atoms with E-state index in [9.17, 15) is 5.26 Å². The zero-order chi connectivity index (χ0) is 19.0. The highest BCUT2D eigenvalue weighted by molar-refractivity contribution is 5.06. The average Bonchev–Trinajstić information content (AvgIpc) is 2.62. The zero-order valence-electron chi connectivity index (χ0n) is 17.5. The van der Waals surface area contributed by atoms with E-state index in [1.54, 1.807) is 0 Å². The largest absolute Gasteiger partial charge is 0.373 e. The minimum Gasteiger partial charge on any atom is -0.373 e. The van der Waals surface area contributed by atoms with Crippen molar-refractivity contribution in [2.24, 2.45) is 22.7 Å². The quantitative estimate of drug-likeness (QED) is 0.505. The number of allylic oxidation sites excluding steroid dienone is 3. The number of nitriles is 1. The van der Waals surface area contributed by atoms with Gasteiger partial charge in [0.15, 0.2) is 0 Å². The first kappa shape index (κ1) is 21.2. The summed E-state index contributed by atoms with van der Waals surface area (Å²) in [5.74, 6) is 1.36. The van der Waals surface area contributed by atoms with Gasteiger partial charge in [0.1, 0.15) is 0 Å². The average molecular weight is 358 g/mol. The predicted molar refractivity (Wildman–Crippen MR) is 110 cm³/mol. The van der Waals surface area contributed by atoms with Gasteiger partial charge in [-0.25, -0.2) is 0 Å². The number of hydrogen-bond acceptors (Lipinski definition) is 2. The van der Waals surface area contributed by atoms with Crippen molar-refractivity contribution in [3.63, 3.8) is 0 Å². The lowest BCUT2D eigenvalue weighted by atomic mass is 9.71. The molecule has 0 N–H and O–H groups in total. The third-order valence-electron chi connectivity index (χ3n) is 6.25. The Bertz CT molecular complexity index is 527. The highest BCUT2D eigenvalue weighted by Crippen LogP contribution is 2.41. The fourth-order valence-electron chi connectivity index (χ4n) is 4.41. The molecule has 0 saturated heterocycles. The van der Waals surface area contributed by atoms with Crippen LogP contribution in [0.5, 0.6) is 0 Å². The standard InChI is InChI=1S/C24H39NO/c1-5-14-24-15-6-7-21(9-8-20(2)12-16-24)10-11-22(13-17-24)26-19-23(3,4)18-25/h8-9,13,17,20-22H,5-7,10-12,14-16,19H2,1-4H3/b9-8-,17-13-/t20-,21?,22?,24-/m1/s1. The molecule has 0 spiro atoms. The molecule has 0 heterocycles. The summed E-state index contributed by atoms with van der Waals surface area (Å²) in [5, 5.41) is 9.28. The van der Waals surface area contributed by atoms with E-state index in [0.29, 0.717) is 23.9 Å². The SMILES string of the molecule is CCC[C@]12/C=C\C(OCC(C)(C)C#N)CCC(/C=C\[C@@H](C)CC1)CCC2. The van der Waals surface area contributed by atoms with Gasteiger partial charge in [-0.3, -0.25) is 0 Å². The molecule has 146 valence electrons. The maximum atomic E-state index is 9.28. The van der Waals surface area contributed by atoms with Crippen LogP contribution in [-0.4, -0.2) is 12.7 Å². The van der Waals surface area contributed by atoms with Crippen molar-refractivity contribution in [2.75, 3.05) is 6.61 Å². The number of rotatable bonds is 5. The lowest BCUT2D eigenvalue weighted by molar-refractivity contribution is 0.0373. The van der Waals surface area contributed by atoms with Crippen LogP contribution in [0.1, 0.15) is 85.5 Å². The molecule has 0 radical (unpaired) electrons. The summed E-state index contributed by atoms with van der Waals surface area (Å²) in [5.41, 5.74) is -0.0771. The van der Waals surface area contributed by atoms with Gasteiger partial charge in [0, 0.05) is 0 Å². The molecule has 0 fully saturated rings. The fraction of sp³-hybridized carbons (Fsp3) is 0.792. The Kier molecular flexibility index (Phi) is 7.96. The lowest BCUT2D eigenvalue weighted by Gasteiger charge is -2.35. The molecular weight excluding hydrogens is 318 g/mol. The van der Waals surface area contributed by atoms with Gasteiger partial charge in [-0.15, -0.1) is 0 Å². The van der Waals surface area contributed by atoms with Gasteiger partial charge in [-0.2, -0.15) is 5.26 Å². The Morgan fingerprint density at radius 3 is 2.65 bits per heavy atom. The van der Waals surface area contributed by atoms with Crippen molar-refractivity contribution in [1.29, 1.82) is 5.26 Å². The molecule has 2 unspecified atom stereocenters. The predicted octanol–water partition coefficient (Wildman–Crippen LogP) is 6.83. The van der Waals surface area contributed by atoms with Crippen molar-refractivity contribution < 1.29 is 4.74 Å². The van der Waals surface area contributed by atoms with Gasteiger partial charge in [0.25, 0.3) is 0 Å². The van der Waals surface area contributed by atoms with Crippen LogP contribution in [0.4, 0.5) is 0 Å².